The summed E-state index contributed by atoms with van der Waals surface area (Å²) in [6.07, 6.45) is 0.00992. The van der Waals surface area contributed by atoms with Gasteiger partial charge < -0.3 is 9.84 Å². The number of halogens is 1. The number of aliphatic hydroxyl groups excluding tert-OH is 1. The van der Waals surface area contributed by atoms with Gasteiger partial charge in [0.15, 0.2) is 0 Å². The number of alkyl halides is 1. The smallest absolute Gasteiger partial charge is 0.124 e. The lowest BCUT2D eigenvalue weighted by atomic mass is 10.1. The van der Waals surface area contributed by atoms with Gasteiger partial charge in [-0.15, -0.1) is 11.6 Å². The zero-order chi connectivity index (χ0) is 9.68. The van der Waals surface area contributed by atoms with Crippen LogP contribution in [0, 0.1) is 0 Å². The lowest BCUT2D eigenvalue weighted by Crippen LogP contribution is -2.00. The molecule has 1 N–H and O–H groups in total. The molecule has 0 aliphatic rings. The van der Waals surface area contributed by atoms with Crippen LogP contribution in [0.2, 0.25) is 0 Å². The summed E-state index contributed by atoms with van der Waals surface area (Å²) in [7, 11) is 1.59. The number of hydrogen-bond donors (Lipinski definition) is 1. The van der Waals surface area contributed by atoms with Crippen molar-refractivity contribution in [1.82, 2.24) is 0 Å². The molecule has 1 atom stereocenters. The number of para-hydroxylation sites is 1. The summed E-state index contributed by atoms with van der Waals surface area (Å²) < 4.78 is 5.11. The Morgan fingerprint density at radius 1 is 1.46 bits per heavy atom. The Labute approximate surface area is 83.1 Å². The minimum atomic E-state index is -0.534. The fourth-order valence-electron chi connectivity index (χ4n) is 1.20. The molecule has 72 valence electrons. The second-order valence-corrected chi connectivity index (χ2v) is 3.11. The highest BCUT2D eigenvalue weighted by atomic mass is 35.5. The van der Waals surface area contributed by atoms with Crippen LogP contribution in [-0.2, 0) is 0 Å². The fraction of sp³-hybridized carbons (Fsp3) is 0.400. The molecule has 0 amide bonds. The number of hydrogen-bond acceptors (Lipinski definition) is 2. The number of methoxy groups -OCH3 is 1. The van der Waals surface area contributed by atoms with Crippen molar-refractivity contribution in [2.24, 2.45) is 0 Å². The Kier molecular flexibility index (Phi) is 4.06. The van der Waals surface area contributed by atoms with Crippen molar-refractivity contribution in [3.05, 3.63) is 29.8 Å². The standard InChI is InChI=1S/C10H13ClO2/c1-13-10-5-3-2-4-8(10)9(12)6-7-11/h2-5,9,12H,6-7H2,1H3. The summed E-state index contributed by atoms with van der Waals surface area (Å²) in [5.41, 5.74) is 0.797. The van der Waals surface area contributed by atoms with Gasteiger partial charge in [-0.2, -0.15) is 0 Å². The van der Waals surface area contributed by atoms with Crippen LogP contribution in [0.3, 0.4) is 0 Å². The lowest BCUT2D eigenvalue weighted by Gasteiger charge is -2.12. The molecule has 0 radical (unpaired) electrons. The summed E-state index contributed by atoms with van der Waals surface area (Å²) >= 11 is 5.54. The van der Waals surface area contributed by atoms with E-state index in [0.29, 0.717) is 18.1 Å². The van der Waals surface area contributed by atoms with E-state index in [1.54, 1.807) is 7.11 Å². The molecule has 3 heteroatoms. The number of rotatable bonds is 4. The molecule has 1 unspecified atom stereocenters. The zero-order valence-corrected chi connectivity index (χ0v) is 8.29. The zero-order valence-electron chi connectivity index (χ0n) is 7.53. The molecular formula is C10H13ClO2. The maximum Gasteiger partial charge on any atom is 0.124 e. The van der Waals surface area contributed by atoms with Crippen LogP contribution in [0.1, 0.15) is 18.1 Å². The first-order chi connectivity index (χ1) is 6.29. The van der Waals surface area contributed by atoms with E-state index in [4.69, 9.17) is 16.3 Å². The van der Waals surface area contributed by atoms with E-state index < -0.39 is 6.10 Å². The summed E-state index contributed by atoms with van der Waals surface area (Å²) in [5, 5.41) is 9.67. The van der Waals surface area contributed by atoms with E-state index >= 15 is 0 Å². The van der Waals surface area contributed by atoms with Gasteiger partial charge in [0, 0.05) is 11.4 Å². The quantitative estimate of drug-likeness (QED) is 0.757. The third kappa shape index (κ3) is 2.61. The van der Waals surface area contributed by atoms with Crippen molar-refractivity contribution < 1.29 is 9.84 Å². The molecular weight excluding hydrogens is 188 g/mol. The molecule has 0 saturated heterocycles. The molecule has 0 spiro atoms. The summed E-state index contributed by atoms with van der Waals surface area (Å²) in [4.78, 5) is 0. The van der Waals surface area contributed by atoms with Crippen molar-refractivity contribution in [1.29, 1.82) is 0 Å². The first-order valence-electron chi connectivity index (χ1n) is 4.16. The monoisotopic (exact) mass is 200 g/mol. The number of benzene rings is 1. The van der Waals surface area contributed by atoms with Gasteiger partial charge in [-0.3, -0.25) is 0 Å². The van der Waals surface area contributed by atoms with Crippen LogP contribution in [0.4, 0.5) is 0 Å². The van der Waals surface area contributed by atoms with Crippen molar-refractivity contribution in [3.63, 3.8) is 0 Å². The second kappa shape index (κ2) is 5.10. The van der Waals surface area contributed by atoms with Gasteiger partial charge in [-0.1, -0.05) is 18.2 Å². The topological polar surface area (TPSA) is 29.5 Å². The molecule has 1 rings (SSSR count). The van der Waals surface area contributed by atoms with E-state index in [-0.39, 0.29) is 0 Å². The molecule has 2 nitrogen and oxygen atoms in total. The Bertz CT molecular complexity index is 263. The average Bonchev–Trinajstić information content (AvgIpc) is 2.18. The van der Waals surface area contributed by atoms with Gasteiger partial charge in [-0.25, -0.2) is 0 Å². The van der Waals surface area contributed by atoms with Crippen LogP contribution in [0.5, 0.6) is 5.75 Å². The predicted molar refractivity (Wildman–Crippen MR) is 53.3 cm³/mol. The molecule has 0 aliphatic carbocycles. The maximum absolute atomic E-state index is 9.67. The number of aliphatic hydroxyl groups is 1. The third-order valence-corrected chi connectivity index (χ3v) is 2.10. The van der Waals surface area contributed by atoms with E-state index in [1.165, 1.54) is 0 Å². The van der Waals surface area contributed by atoms with Crippen LogP contribution in [-0.4, -0.2) is 18.1 Å². The van der Waals surface area contributed by atoms with Crippen LogP contribution >= 0.6 is 11.6 Å². The lowest BCUT2D eigenvalue weighted by molar-refractivity contribution is 0.170. The van der Waals surface area contributed by atoms with E-state index in [0.717, 1.165) is 5.56 Å². The molecule has 0 aliphatic heterocycles. The Hall–Kier alpha value is -0.730. The first-order valence-corrected chi connectivity index (χ1v) is 4.70. The molecule has 0 heterocycles. The largest absolute Gasteiger partial charge is 0.496 e. The van der Waals surface area contributed by atoms with Crippen LogP contribution in [0.25, 0.3) is 0 Å². The molecule has 13 heavy (non-hydrogen) atoms. The van der Waals surface area contributed by atoms with Crippen molar-refractivity contribution >= 4 is 11.6 Å². The molecule has 0 fully saturated rings. The van der Waals surface area contributed by atoms with Gasteiger partial charge in [0.2, 0.25) is 0 Å². The van der Waals surface area contributed by atoms with Gasteiger partial charge in [0.25, 0.3) is 0 Å². The molecule has 1 aromatic carbocycles. The summed E-state index contributed by atoms with van der Waals surface area (Å²) in [6, 6.07) is 7.41. The second-order valence-electron chi connectivity index (χ2n) is 2.74. The van der Waals surface area contributed by atoms with E-state index in [1.807, 2.05) is 24.3 Å². The Morgan fingerprint density at radius 2 is 2.15 bits per heavy atom. The minimum absolute atomic E-state index is 0.444. The fourth-order valence-corrected chi connectivity index (χ4v) is 1.41. The van der Waals surface area contributed by atoms with Crippen molar-refractivity contribution in [2.45, 2.75) is 12.5 Å². The van der Waals surface area contributed by atoms with Gasteiger partial charge in [0.1, 0.15) is 5.75 Å². The predicted octanol–water partition coefficient (Wildman–Crippen LogP) is 2.36. The SMILES string of the molecule is COc1ccccc1C(O)CCCl. The molecule has 1 aromatic rings. The highest BCUT2D eigenvalue weighted by Gasteiger charge is 2.11. The maximum atomic E-state index is 9.67. The van der Waals surface area contributed by atoms with Gasteiger partial charge >= 0.3 is 0 Å². The molecule has 0 aromatic heterocycles. The summed E-state index contributed by atoms with van der Waals surface area (Å²) in [6.45, 7) is 0. The van der Waals surface area contributed by atoms with Crippen molar-refractivity contribution in [2.75, 3.05) is 13.0 Å². The third-order valence-electron chi connectivity index (χ3n) is 1.88. The van der Waals surface area contributed by atoms with Crippen LogP contribution in [0.15, 0.2) is 24.3 Å². The average molecular weight is 201 g/mol. The normalized spacial score (nSPS) is 12.5. The highest BCUT2D eigenvalue weighted by Crippen LogP contribution is 2.26. The van der Waals surface area contributed by atoms with Gasteiger partial charge in [-0.05, 0) is 12.5 Å². The summed E-state index contributed by atoms with van der Waals surface area (Å²) in [5.74, 6) is 1.15. The number of ether oxygens (including phenoxy) is 1. The Morgan fingerprint density at radius 3 is 2.77 bits per heavy atom. The van der Waals surface area contributed by atoms with Gasteiger partial charge in [0.05, 0.1) is 13.2 Å². The van der Waals surface area contributed by atoms with E-state index in [9.17, 15) is 5.11 Å². The van der Waals surface area contributed by atoms with Crippen LogP contribution < -0.4 is 4.74 Å². The molecule has 0 bridgehead atoms. The van der Waals surface area contributed by atoms with E-state index in [2.05, 4.69) is 0 Å². The first kappa shape index (κ1) is 10.4. The molecule has 0 saturated carbocycles. The highest BCUT2D eigenvalue weighted by molar-refractivity contribution is 6.17. The minimum Gasteiger partial charge on any atom is -0.496 e. The van der Waals surface area contributed by atoms with Crippen molar-refractivity contribution in [3.8, 4) is 5.75 Å². The Balaban J connectivity index is 2.85.